The molecule has 4 aromatic carbocycles. The van der Waals surface area contributed by atoms with Gasteiger partial charge in [-0.25, -0.2) is 4.99 Å². The van der Waals surface area contributed by atoms with Crippen LogP contribution >= 0.6 is 15.9 Å². The molecule has 1 aliphatic heterocycles. The third kappa shape index (κ3) is 8.63. The molecule has 0 saturated heterocycles. The number of nitrogens with zero attached hydrogens (tertiary/aromatic N) is 1. The number of nitrogens with one attached hydrogen (secondary N) is 1. The number of rotatable bonds is 13. The molecular weight excluding hydrogens is 681 g/mol. The summed E-state index contributed by atoms with van der Waals surface area (Å²) in [4.78, 5) is 19.4. The molecule has 0 unspecified atom stereocenters. The van der Waals surface area contributed by atoms with Gasteiger partial charge in [0.1, 0.15) is 17.2 Å². The molecule has 12 heteroatoms. The lowest BCUT2D eigenvalue weighted by Gasteiger charge is -2.31. The van der Waals surface area contributed by atoms with Crippen LogP contribution in [0.3, 0.4) is 0 Å². The molecule has 8 nitrogen and oxygen atoms in total. The molecule has 2 atom stereocenters. The molecule has 0 aliphatic carbocycles. The van der Waals surface area contributed by atoms with E-state index in [0.717, 1.165) is 10.0 Å². The van der Waals surface area contributed by atoms with Crippen molar-refractivity contribution in [2.45, 2.75) is 37.4 Å². The molecule has 0 spiro atoms. The summed E-state index contributed by atoms with van der Waals surface area (Å²) in [5, 5.41) is 12.0. The monoisotopic (exact) mass is 712 g/mol. The summed E-state index contributed by atoms with van der Waals surface area (Å²) in [6, 6.07) is 27.2. The second kappa shape index (κ2) is 14.9. The van der Waals surface area contributed by atoms with Gasteiger partial charge in [-0.05, 0) is 77.4 Å². The minimum atomic E-state index is -4.81. The van der Waals surface area contributed by atoms with Crippen LogP contribution in [0, 0.1) is 0 Å². The van der Waals surface area contributed by atoms with E-state index in [0.29, 0.717) is 41.2 Å². The fraction of sp³-hybridized carbons (Fsp3) is 0.257. The molecule has 1 amide bonds. The Morgan fingerprint density at radius 2 is 1.64 bits per heavy atom. The Bertz CT molecular complexity index is 1680. The quantitative estimate of drug-likeness (QED) is 0.146. The molecule has 0 bridgehead atoms. The van der Waals surface area contributed by atoms with Gasteiger partial charge in [-0.15, -0.1) is 13.2 Å². The lowest BCUT2D eigenvalue weighted by Crippen LogP contribution is -2.49. The first-order valence-corrected chi connectivity index (χ1v) is 15.5. The normalized spacial score (nSPS) is 17.4. The number of aliphatic hydroxyl groups is 1. The van der Waals surface area contributed by atoms with Crippen molar-refractivity contribution in [1.29, 1.82) is 0 Å². The number of carbonyl (C=O) groups is 1. The molecule has 246 valence electrons. The maximum absolute atomic E-state index is 14.4. The first-order chi connectivity index (χ1) is 22.6. The molecule has 0 saturated carbocycles. The predicted octanol–water partition coefficient (Wildman–Crippen LogP) is 6.93. The van der Waals surface area contributed by atoms with Crippen molar-refractivity contribution < 1.29 is 42.0 Å². The summed E-state index contributed by atoms with van der Waals surface area (Å²) < 4.78 is 60.5. The maximum atomic E-state index is 14.4. The van der Waals surface area contributed by atoms with Crippen LogP contribution in [-0.4, -0.2) is 49.1 Å². The fourth-order valence-corrected chi connectivity index (χ4v) is 5.41. The van der Waals surface area contributed by atoms with E-state index in [-0.39, 0.29) is 31.2 Å². The van der Waals surface area contributed by atoms with Crippen LogP contribution in [0.15, 0.2) is 107 Å². The van der Waals surface area contributed by atoms with Crippen molar-refractivity contribution in [3.63, 3.8) is 0 Å². The van der Waals surface area contributed by atoms with Gasteiger partial charge in [0.2, 0.25) is 5.90 Å². The zero-order valence-corrected chi connectivity index (χ0v) is 26.9. The van der Waals surface area contributed by atoms with Gasteiger partial charge >= 0.3 is 6.36 Å². The van der Waals surface area contributed by atoms with Crippen LogP contribution in [0.1, 0.15) is 34.8 Å². The summed E-state index contributed by atoms with van der Waals surface area (Å²) in [7, 11) is 1.55. The number of carbonyl (C=O) groups excluding carboxylic acids is 1. The number of benzene rings is 4. The molecule has 1 aliphatic rings. The van der Waals surface area contributed by atoms with Crippen LogP contribution in [0.4, 0.5) is 13.2 Å². The van der Waals surface area contributed by atoms with Crippen molar-refractivity contribution in [3.05, 3.63) is 124 Å². The Kier molecular flexibility index (Phi) is 10.7. The zero-order valence-electron chi connectivity index (χ0n) is 25.3. The highest BCUT2D eigenvalue weighted by molar-refractivity contribution is 9.10. The average molecular weight is 714 g/mol. The van der Waals surface area contributed by atoms with E-state index in [4.69, 9.17) is 24.3 Å². The van der Waals surface area contributed by atoms with E-state index in [1.165, 1.54) is 24.3 Å². The van der Waals surface area contributed by atoms with Gasteiger partial charge in [-0.1, -0.05) is 52.3 Å². The first-order valence-electron chi connectivity index (χ1n) is 14.7. The molecule has 0 fully saturated rings. The maximum Gasteiger partial charge on any atom is 0.573 e. The minimum Gasteiger partial charge on any atom is -0.497 e. The number of ether oxygens (including phenoxy) is 4. The van der Waals surface area contributed by atoms with Crippen LogP contribution < -0.4 is 19.5 Å². The van der Waals surface area contributed by atoms with Gasteiger partial charge in [0.25, 0.3) is 5.91 Å². The number of hydrogen-bond acceptors (Lipinski definition) is 7. The van der Waals surface area contributed by atoms with Crippen LogP contribution in [0.5, 0.6) is 17.2 Å². The van der Waals surface area contributed by atoms with Gasteiger partial charge in [0, 0.05) is 36.0 Å². The molecular formula is C35H32BrF3N2O6. The Morgan fingerprint density at radius 3 is 2.30 bits per heavy atom. The summed E-state index contributed by atoms with van der Waals surface area (Å²) >= 11 is 3.46. The smallest absolute Gasteiger partial charge is 0.497 e. The Balaban J connectivity index is 1.51. The van der Waals surface area contributed by atoms with E-state index in [9.17, 15) is 18.0 Å². The molecule has 0 radical (unpaired) electrons. The summed E-state index contributed by atoms with van der Waals surface area (Å²) in [5.74, 6) is 0.628. The lowest BCUT2D eigenvalue weighted by molar-refractivity contribution is -0.274. The molecule has 5 rings (SSSR count). The third-order valence-corrected chi connectivity index (χ3v) is 7.95. The number of hydrogen-bond donors (Lipinski definition) is 2. The van der Waals surface area contributed by atoms with Crippen LogP contribution in [-0.2, 0) is 22.5 Å². The second-order valence-electron chi connectivity index (χ2n) is 10.7. The molecule has 0 aromatic heterocycles. The average Bonchev–Trinajstić information content (AvgIpc) is 3.45. The van der Waals surface area contributed by atoms with Gasteiger partial charge in [-0.3, -0.25) is 4.79 Å². The van der Waals surface area contributed by atoms with E-state index < -0.39 is 23.9 Å². The Hall–Kier alpha value is -4.55. The fourth-order valence-electron chi connectivity index (χ4n) is 5.14. The number of halogens is 4. The minimum absolute atomic E-state index is 0.0166. The molecule has 47 heavy (non-hydrogen) atoms. The second-order valence-corrected chi connectivity index (χ2v) is 11.7. The largest absolute Gasteiger partial charge is 0.573 e. The SMILES string of the molecule is COc1cccc([C@H]2OC(c3ccc(OCCCO)cc3)=N[C@@]2(Cc2ccc(Br)cc2)C(=O)NCc2ccc(OC(F)(F)F)cc2)c1. The van der Waals surface area contributed by atoms with Crippen LogP contribution in [0.25, 0.3) is 0 Å². The molecule has 1 heterocycles. The van der Waals surface area contributed by atoms with E-state index in [2.05, 4.69) is 26.0 Å². The lowest BCUT2D eigenvalue weighted by atomic mass is 9.82. The number of amides is 1. The van der Waals surface area contributed by atoms with Crippen molar-refractivity contribution in [2.24, 2.45) is 4.99 Å². The zero-order chi connectivity index (χ0) is 33.4. The van der Waals surface area contributed by atoms with E-state index >= 15 is 0 Å². The van der Waals surface area contributed by atoms with Gasteiger partial charge < -0.3 is 29.4 Å². The van der Waals surface area contributed by atoms with Crippen molar-refractivity contribution in [3.8, 4) is 17.2 Å². The highest BCUT2D eigenvalue weighted by Gasteiger charge is 2.53. The molecule has 4 aromatic rings. The van der Waals surface area contributed by atoms with Crippen molar-refractivity contribution >= 4 is 27.7 Å². The number of alkyl halides is 3. The van der Waals surface area contributed by atoms with Crippen molar-refractivity contribution in [2.75, 3.05) is 20.3 Å². The van der Waals surface area contributed by atoms with Gasteiger partial charge in [0.05, 0.1) is 13.7 Å². The summed E-state index contributed by atoms with van der Waals surface area (Å²) in [5.41, 5.74) is 1.17. The number of aliphatic imine (C=N–C) groups is 1. The van der Waals surface area contributed by atoms with E-state index in [1.807, 2.05) is 30.3 Å². The van der Waals surface area contributed by atoms with Gasteiger partial charge in [0.15, 0.2) is 11.6 Å². The Morgan fingerprint density at radius 1 is 0.957 bits per heavy atom. The first kappa shape index (κ1) is 33.8. The van der Waals surface area contributed by atoms with Crippen molar-refractivity contribution in [1.82, 2.24) is 5.32 Å². The highest BCUT2D eigenvalue weighted by atomic mass is 79.9. The molecule has 2 N–H and O–H groups in total. The summed E-state index contributed by atoms with van der Waals surface area (Å²) in [6.45, 7) is 0.400. The number of methoxy groups -OCH3 is 1. The summed E-state index contributed by atoms with van der Waals surface area (Å²) in [6.07, 6.45) is -5.02. The Labute approximate surface area is 278 Å². The topological polar surface area (TPSA) is 98.6 Å². The number of aliphatic hydroxyl groups excluding tert-OH is 1. The highest BCUT2D eigenvalue weighted by Crippen LogP contribution is 2.43. The standard InChI is InChI=1S/C35H32BrF3N2O6/c1-44-30-5-2-4-26(20-30)31-34(21-23-6-12-27(36)13-7-23,33(43)40-22-24-8-14-29(15-9-24)47-35(37,38)39)41-32(46-31)25-10-16-28(17-11-25)45-19-3-18-42/h2,4-17,20,31,42H,3,18-19,21-22H2,1H3,(H,40,43)/t31-,34-/m1/s1. The van der Waals surface area contributed by atoms with E-state index in [1.54, 1.807) is 49.6 Å². The van der Waals surface area contributed by atoms with Crippen LogP contribution in [0.2, 0.25) is 0 Å². The third-order valence-electron chi connectivity index (χ3n) is 7.42. The van der Waals surface area contributed by atoms with Gasteiger partial charge in [-0.2, -0.15) is 0 Å². The predicted molar refractivity (Wildman–Crippen MR) is 173 cm³/mol.